The van der Waals surface area contributed by atoms with E-state index in [-0.39, 0.29) is 0 Å². The second-order valence-electron chi connectivity index (χ2n) is 3.11. The molecule has 0 saturated heterocycles. The number of allylic oxidation sites excluding steroid dienone is 3. The van der Waals surface area contributed by atoms with E-state index in [4.69, 9.17) is 0 Å². The molecule has 0 atom stereocenters. The third-order valence-electron chi connectivity index (χ3n) is 2.02. The highest BCUT2D eigenvalue weighted by atomic mass is 14.6. The molecule has 1 heteroatoms. The highest BCUT2D eigenvalue weighted by Crippen LogP contribution is 2.16. The van der Waals surface area contributed by atoms with Crippen molar-refractivity contribution in [1.29, 1.82) is 0 Å². The summed E-state index contributed by atoms with van der Waals surface area (Å²) in [5.41, 5.74) is 3.65. The number of aryl methyl sites for hydroxylation is 1. The van der Waals surface area contributed by atoms with Crippen LogP contribution in [0.15, 0.2) is 47.6 Å². The van der Waals surface area contributed by atoms with Crippen molar-refractivity contribution in [2.75, 3.05) is 0 Å². The number of hydrogen-bond donors (Lipinski definition) is 0. The lowest BCUT2D eigenvalue weighted by molar-refractivity contribution is 1.44. The van der Waals surface area contributed by atoms with Crippen molar-refractivity contribution in [2.24, 2.45) is 4.99 Å². The highest BCUT2D eigenvalue weighted by molar-refractivity contribution is 5.74. The summed E-state index contributed by atoms with van der Waals surface area (Å²) in [6.07, 6.45) is 5.73. The fourth-order valence-electron chi connectivity index (χ4n) is 1.32. The van der Waals surface area contributed by atoms with Gasteiger partial charge in [0.1, 0.15) is 0 Å². The van der Waals surface area contributed by atoms with Gasteiger partial charge in [0, 0.05) is 6.20 Å². The van der Waals surface area contributed by atoms with E-state index < -0.39 is 0 Å². The molecule has 14 heavy (non-hydrogen) atoms. The Labute approximate surface area is 85.5 Å². The van der Waals surface area contributed by atoms with Gasteiger partial charge in [0.15, 0.2) is 0 Å². The number of nitrogens with zero attached hydrogens (tertiary/aromatic N) is 1. The van der Waals surface area contributed by atoms with Crippen LogP contribution in [-0.4, -0.2) is 6.72 Å². The summed E-state index contributed by atoms with van der Waals surface area (Å²) in [5, 5.41) is 0. The first-order chi connectivity index (χ1) is 6.77. The van der Waals surface area contributed by atoms with Crippen molar-refractivity contribution in [2.45, 2.75) is 13.8 Å². The lowest BCUT2D eigenvalue weighted by atomic mass is 10.0. The van der Waals surface area contributed by atoms with Gasteiger partial charge in [-0.3, -0.25) is 4.99 Å². The molecule has 0 aliphatic rings. The summed E-state index contributed by atoms with van der Waals surface area (Å²) in [7, 11) is 0. The highest BCUT2D eigenvalue weighted by Gasteiger charge is 1.95. The molecule has 0 saturated carbocycles. The SMILES string of the molecule is C=N/C=C\C(=C/C)c1cccc(C)c1. The maximum absolute atomic E-state index is 3.70. The number of hydrogen-bond acceptors (Lipinski definition) is 1. The second kappa shape index (κ2) is 5.18. The van der Waals surface area contributed by atoms with Crippen molar-refractivity contribution < 1.29 is 0 Å². The van der Waals surface area contributed by atoms with Gasteiger partial charge in [-0.05, 0) is 37.8 Å². The van der Waals surface area contributed by atoms with E-state index in [1.54, 1.807) is 6.20 Å². The molecule has 0 heterocycles. The number of benzene rings is 1. The van der Waals surface area contributed by atoms with Crippen LogP contribution in [0, 0.1) is 6.92 Å². The molecule has 1 rings (SSSR count). The molecular formula is C13H15N. The van der Waals surface area contributed by atoms with Crippen LogP contribution in [0.5, 0.6) is 0 Å². The predicted molar refractivity (Wildman–Crippen MR) is 63.5 cm³/mol. The van der Waals surface area contributed by atoms with Crippen molar-refractivity contribution in [3.05, 3.63) is 53.7 Å². The van der Waals surface area contributed by atoms with Gasteiger partial charge >= 0.3 is 0 Å². The van der Waals surface area contributed by atoms with Crippen molar-refractivity contribution in [1.82, 2.24) is 0 Å². The van der Waals surface area contributed by atoms with Crippen LogP contribution in [0.1, 0.15) is 18.1 Å². The Morgan fingerprint density at radius 3 is 2.79 bits per heavy atom. The lowest BCUT2D eigenvalue weighted by Gasteiger charge is -2.02. The minimum absolute atomic E-state index is 1.17. The van der Waals surface area contributed by atoms with Gasteiger partial charge in [0.2, 0.25) is 0 Å². The Morgan fingerprint density at radius 1 is 1.43 bits per heavy atom. The Kier molecular flexibility index (Phi) is 3.86. The second-order valence-corrected chi connectivity index (χ2v) is 3.11. The first kappa shape index (κ1) is 10.5. The van der Waals surface area contributed by atoms with Gasteiger partial charge in [-0.15, -0.1) is 0 Å². The van der Waals surface area contributed by atoms with Crippen LogP contribution < -0.4 is 0 Å². The maximum atomic E-state index is 3.70. The molecule has 0 amide bonds. The summed E-state index contributed by atoms with van der Waals surface area (Å²) < 4.78 is 0. The van der Waals surface area contributed by atoms with E-state index >= 15 is 0 Å². The summed E-state index contributed by atoms with van der Waals surface area (Å²) in [6, 6.07) is 8.40. The van der Waals surface area contributed by atoms with Crippen LogP contribution in [0.4, 0.5) is 0 Å². The Hall–Kier alpha value is -1.63. The van der Waals surface area contributed by atoms with Gasteiger partial charge in [0.25, 0.3) is 0 Å². The van der Waals surface area contributed by atoms with E-state index in [0.717, 1.165) is 0 Å². The van der Waals surface area contributed by atoms with Gasteiger partial charge in [-0.2, -0.15) is 0 Å². The van der Waals surface area contributed by atoms with E-state index in [2.05, 4.69) is 49.0 Å². The van der Waals surface area contributed by atoms with Gasteiger partial charge in [0.05, 0.1) is 0 Å². The third kappa shape index (κ3) is 2.70. The molecule has 0 spiro atoms. The molecule has 1 aromatic carbocycles. The van der Waals surface area contributed by atoms with Crippen molar-refractivity contribution in [3.8, 4) is 0 Å². The maximum Gasteiger partial charge on any atom is 0.0266 e. The first-order valence-corrected chi connectivity index (χ1v) is 4.63. The monoisotopic (exact) mass is 185 g/mol. The Bertz CT molecular complexity index is 373. The molecule has 0 fully saturated rings. The molecule has 0 aliphatic heterocycles. The average molecular weight is 185 g/mol. The summed E-state index contributed by atoms with van der Waals surface area (Å²) in [6.45, 7) is 7.52. The number of aliphatic imine (C=N–C) groups is 1. The predicted octanol–water partition coefficient (Wildman–Crippen LogP) is 3.61. The molecule has 0 bridgehead atoms. The van der Waals surface area contributed by atoms with E-state index in [1.807, 2.05) is 13.0 Å². The minimum Gasteiger partial charge on any atom is -0.272 e. The largest absolute Gasteiger partial charge is 0.272 e. The molecule has 0 N–H and O–H groups in total. The molecule has 0 aliphatic carbocycles. The lowest BCUT2D eigenvalue weighted by Crippen LogP contribution is -1.81. The molecule has 0 radical (unpaired) electrons. The zero-order valence-corrected chi connectivity index (χ0v) is 8.70. The van der Waals surface area contributed by atoms with Crippen LogP contribution in [0.2, 0.25) is 0 Å². The molecular weight excluding hydrogens is 170 g/mol. The molecule has 0 unspecified atom stereocenters. The fourth-order valence-corrected chi connectivity index (χ4v) is 1.32. The third-order valence-corrected chi connectivity index (χ3v) is 2.02. The Balaban J connectivity index is 3.02. The standard InChI is InChI=1S/C13H15N/c1-4-12(8-9-14-3)13-7-5-6-11(2)10-13/h4-10H,3H2,1-2H3/b9-8-,12-4+. The summed E-state index contributed by atoms with van der Waals surface area (Å²) in [4.78, 5) is 3.70. The molecule has 1 nitrogen and oxygen atoms in total. The van der Waals surface area contributed by atoms with Crippen LogP contribution >= 0.6 is 0 Å². The smallest absolute Gasteiger partial charge is 0.0266 e. The van der Waals surface area contributed by atoms with E-state index in [1.165, 1.54) is 16.7 Å². The first-order valence-electron chi connectivity index (χ1n) is 4.63. The van der Waals surface area contributed by atoms with Crippen LogP contribution in [0.25, 0.3) is 5.57 Å². The van der Waals surface area contributed by atoms with E-state index in [0.29, 0.717) is 0 Å². The number of rotatable bonds is 3. The fraction of sp³-hybridized carbons (Fsp3) is 0.154. The van der Waals surface area contributed by atoms with Crippen LogP contribution in [0.3, 0.4) is 0 Å². The van der Waals surface area contributed by atoms with Gasteiger partial charge in [-0.1, -0.05) is 35.9 Å². The van der Waals surface area contributed by atoms with Gasteiger partial charge < -0.3 is 0 Å². The van der Waals surface area contributed by atoms with Crippen LogP contribution in [-0.2, 0) is 0 Å². The zero-order valence-electron chi connectivity index (χ0n) is 8.70. The topological polar surface area (TPSA) is 12.4 Å². The van der Waals surface area contributed by atoms with E-state index in [9.17, 15) is 0 Å². The van der Waals surface area contributed by atoms with Crippen molar-refractivity contribution in [3.63, 3.8) is 0 Å². The molecule has 0 aromatic heterocycles. The Morgan fingerprint density at radius 2 is 2.21 bits per heavy atom. The summed E-state index contributed by atoms with van der Waals surface area (Å²) in [5.74, 6) is 0. The average Bonchev–Trinajstić information content (AvgIpc) is 2.19. The van der Waals surface area contributed by atoms with Crippen molar-refractivity contribution >= 4 is 12.3 Å². The quantitative estimate of drug-likeness (QED) is 0.504. The van der Waals surface area contributed by atoms with Gasteiger partial charge in [-0.25, -0.2) is 0 Å². The summed E-state index contributed by atoms with van der Waals surface area (Å²) >= 11 is 0. The minimum atomic E-state index is 1.17. The molecule has 1 aromatic rings. The zero-order chi connectivity index (χ0) is 10.4. The molecule has 72 valence electrons. The normalized spacial score (nSPS) is 12.0.